The van der Waals surface area contributed by atoms with Gasteiger partial charge in [-0.3, -0.25) is 0 Å². The predicted molar refractivity (Wildman–Crippen MR) is 75.6 cm³/mol. The molecule has 1 heteroatoms. The summed E-state index contributed by atoms with van der Waals surface area (Å²) in [4.78, 5) is 0. The zero-order valence-corrected chi connectivity index (χ0v) is 10.7. The van der Waals surface area contributed by atoms with Gasteiger partial charge in [0.25, 0.3) is 0 Å². The molecule has 1 N–H and O–H groups in total. The van der Waals surface area contributed by atoms with Crippen molar-refractivity contribution >= 4 is 10.8 Å². The Morgan fingerprint density at radius 3 is 2.56 bits per heavy atom. The van der Waals surface area contributed by atoms with Crippen molar-refractivity contribution in [3.8, 4) is 0 Å². The van der Waals surface area contributed by atoms with E-state index >= 15 is 0 Å². The summed E-state index contributed by atoms with van der Waals surface area (Å²) in [7, 11) is 0. The zero-order valence-electron chi connectivity index (χ0n) is 10.7. The van der Waals surface area contributed by atoms with Gasteiger partial charge in [-0.1, -0.05) is 61.7 Å². The third-order valence-corrected chi connectivity index (χ3v) is 4.12. The second-order valence-electron chi connectivity index (χ2n) is 5.57. The molecular weight excluding hydrogens is 220 g/mol. The van der Waals surface area contributed by atoms with Crippen LogP contribution in [0.25, 0.3) is 10.8 Å². The third-order valence-electron chi connectivity index (χ3n) is 4.12. The smallest absolute Gasteiger partial charge is 0.0583 e. The summed E-state index contributed by atoms with van der Waals surface area (Å²) in [5.74, 6) is 0.778. The van der Waals surface area contributed by atoms with Crippen LogP contribution in [0.5, 0.6) is 0 Å². The van der Waals surface area contributed by atoms with Gasteiger partial charge in [-0.05, 0) is 35.1 Å². The molecule has 0 bridgehead atoms. The van der Waals surface area contributed by atoms with Gasteiger partial charge in [0.15, 0.2) is 0 Å². The van der Waals surface area contributed by atoms with E-state index in [4.69, 9.17) is 0 Å². The molecule has 1 fully saturated rings. The van der Waals surface area contributed by atoms with Crippen LogP contribution in [0.3, 0.4) is 0 Å². The fourth-order valence-electron chi connectivity index (χ4n) is 2.83. The molecule has 0 aliphatic heterocycles. The molecule has 3 rings (SSSR count). The van der Waals surface area contributed by atoms with Crippen LogP contribution in [0.4, 0.5) is 0 Å². The van der Waals surface area contributed by atoms with E-state index in [1.54, 1.807) is 0 Å². The highest BCUT2D eigenvalue weighted by atomic mass is 16.3. The van der Waals surface area contributed by atoms with Gasteiger partial charge in [0.05, 0.1) is 6.10 Å². The maximum Gasteiger partial charge on any atom is 0.0583 e. The van der Waals surface area contributed by atoms with Gasteiger partial charge in [0.1, 0.15) is 0 Å². The van der Waals surface area contributed by atoms with E-state index in [1.165, 1.54) is 35.6 Å². The number of fused-ring (bicyclic) bond motifs is 1. The Bertz CT molecular complexity index is 528. The molecule has 0 aromatic heterocycles. The molecule has 1 unspecified atom stereocenters. The maximum atomic E-state index is 10.1. The van der Waals surface area contributed by atoms with Gasteiger partial charge in [0.2, 0.25) is 0 Å². The second-order valence-corrected chi connectivity index (χ2v) is 5.57. The van der Waals surface area contributed by atoms with E-state index in [-0.39, 0.29) is 6.10 Å². The summed E-state index contributed by atoms with van der Waals surface area (Å²) >= 11 is 0. The highest BCUT2D eigenvalue weighted by Gasteiger charge is 2.20. The van der Waals surface area contributed by atoms with Crippen molar-refractivity contribution < 1.29 is 5.11 Å². The first kappa shape index (κ1) is 11.7. The van der Waals surface area contributed by atoms with Crippen molar-refractivity contribution in [1.29, 1.82) is 0 Å². The van der Waals surface area contributed by atoms with Crippen LogP contribution < -0.4 is 0 Å². The van der Waals surface area contributed by atoms with Crippen molar-refractivity contribution in [2.75, 3.05) is 0 Å². The Morgan fingerprint density at radius 1 is 1.06 bits per heavy atom. The van der Waals surface area contributed by atoms with Crippen LogP contribution in [-0.2, 0) is 6.42 Å². The minimum absolute atomic E-state index is 0.170. The van der Waals surface area contributed by atoms with E-state index in [9.17, 15) is 5.11 Å². The molecule has 0 spiro atoms. The molecule has 0 amide bonds. The fourth-order valence-corrected chi connectivity index (χ4v) is 2.83. The molecule has 1 nitrogen and oxygen atoms in total. The van der Waals surface area contributed by atoms with E-state index < -0.39 is 0 Å². The number of aliphatic hydroxyl groups is 1. The van der Waals surface area contributed by atoms with Crippen molar-refractivity contribution in [2.24, 2.45) is 5.92 Å². The van der Waals surface area contributed by atoms with Crippen LogP contribution in [0, 0.1) is 5.92 Å². The molecule has 1 aliphatic rings. The van der Waals surface area contributed by atoms with Crippen LogP contribution in [0.2, 0.25) is 0 Å². The Hall–Kier alpha value is -1.34. The summed E-state index contributed by atoms with van der Waals surface area (Å²) < 4.78 is 0. The summed E-state index contributed by atoms with van der Waals surface area (Å²) in [6.07, 6.45) is 5.59. The largest absolute Gasteiger partial charge is 0.393 e. The first-order chi connectivity index (χ1) is 8.81. The van der Waals surface area contributed by atoms with E-state index in [1.807, 2.05) is 0 Å². The van der Waals surface area contributed by atoms with E-state index in [0.29, 0.717) is 0 Å². The highest BCUT2D eigenvalue weighted by Crippen LogP contribution is 2.31. The number of rotatable bonds is 4. The number of hydrogen-bond donors (Lipinski definition) is 1. The molecule has 0 heterocycles. The normalized spacial score (nSPS) is 17.6. The van der Waals surface area contributed by atoms with Crippen LogP contribution >= 0.6 is 0 Å². The Kier molecular flexibility index (Phi) is 3.33. The topological polar surface area (TPSA) is 20.2 Å². The predicted octanol–water partition coefficient (Wildman–Crippen LogP) is 3.93. The first-order valence-corrected chi connectivity index (χ1v) is 6.97. The average molecular weight is 240 g/mol. The van der Waals surface area contributed by atoms with Crippen LogP contribution in [-0.4, -0.2) is 11.2 Å². The average Bonchev–Trinajstić information content (AvgIpc) is 2.34. The minimum atomic E-state index is -0.170. The van der Waals surface area contributed by atoms with Gasteiger partial charge in [-0.25, -0.2) is 0 Å². The van der Waals surface area contributed by atoms with Crippen molar-refractivity contribution in [2.45, 2.75) is 38.2 Å². The van der Waals surface area contributed by atoms with Crippen molar-refractivity contribution in [1.82, 2.24) is 0 Å². The van der Waals surface area contributed by atoms with E-state index in [0.717, 1.165) is 18.8 Å². The molecule has 0 saturated heterocycles. The number of hydrogen-bond acceptors (Lipinski definition) is 1. The van der Waals surface area contributed by atoms with Crippen molar-refractivity contribution in [3.63, 3.8) is 0 Å². The molecular formula is C17H20O. The van der Waals surface area contributed by atoms with Gasteiger partial charge < -0.3 is 5.11 Å². The van der Waals surface area contributed by atoms with Crippen molar-refractivity contribution in [3.05, 3.63) is 48.0 Å². The summed E-state index contributed by atoms with van der Waals surface area (Å²) in [5.41, 5.74) is 1.25. The molecule has 18 heavy (non-hydrogen) atoms. The number of benzene rings is 2. The van der Waals surface area contributed by atoms with Gasteiger partial charge >= 0.3 is 0 Å². The van der Waals surface area contributed by atoms with Crippen LogP contribution in [0.1, 0.15) is 31.2 Å². The lowest BCUT2D eigenvalue weighted by molar-refractivity contribution is 0.118. The summed E-state index contributed by atoms with van der Waals surface area (Å²) in [6.45, 7) is 0. The lowest BCUT2D eigenvalue weighted by Crippen LogP contribution is -2.20. The summed E-state index contributed by atoms with van der Waals surface area (Å²) in [6, 6.07) is 14.9. The van der Waals surface area contributed by atoms with Crippen LogP contribution in [0.15, 0.2) is 42.5 Å². The molecule has 94 valence electrons. The SMILES string of the molecule is OC(Cc1ccc2ccccc2c1)CC1CCC1. The molecule has 2 aromatic carbocycles. The summed E-state index contributed by atoms with van der Waals surface area (Å²) in [5, 5.41) is 12.7. The second kappa shape index (κ2) is 5.11. The van der Waals surface area contributed by atoms with E-state index in [2.05, 4.69) is 42.5 Å². The zero-order chi connectivity index (χ0) is 12.4. The fraction of sp³-hybridized carbons (Fsp3) is 0.412. The first-order valence-electron chi connectivity index (χ1n) is 6.97. The lowest BCUT2D eigenvalue weighted by atomic mass is 9.80. The van der Waals surface area contributed by atoms with Gasteiger partial charge in [-0.15, -0.1) is 0 Å². The third kappa shape index (κ3) is 2.56. The highest BCUT2D eigenvalue weighted by molar-refractivity contribution is 5.82. The Labute approximate surface area is 108 Å². The number of aliphatic hydroxyl groups excluding tert-OH is 1. The monoisotopic (exact) mass is 240 g/mol. The Balaban J connectivity index is 1.69. The van der Waals surface area contributed by atoms with Gasteiger partial charge in [-0.2, -0.15) is 0 Å². The quantitative estimate of drug-likeness (QED) is 0.858. The lowest BCUT2D eigenvalue weighted by Gasteiger charge is -2.27. The molecule has 0 radical (unpaired) electrons. The molecule has 2 aromatic rings. The molecule has 1 aliphatic carbocycles. The maximum absolute atomic E-state index is 10.1. The molecule has 1 atom stereocenters. The Morgan fingerprint density at radius 2 is 1.83 bits per heavy atom. The minimum Gasteiger partial charge on any atom is -0.393 e. The molecule has 1 saturated carbocycles. The standard InChI is InChI=1S/C17H20O/c18-17(11-13-4-3-5-13)12-14-8-9-15-6-1-2-7-16(15)10-14/h1-2,6-10,13,17-18H,3-5,11-12H2. The van der Waals surface area contributed by atoms with Gasteiger partial charge in [0, 0.05) is 0 Å².